The molecule has 2 aliphatic heterocycles. The molecule has 2 atom stereocenters. The summed E-state index contributed by atoms with van der Waals surface area (Å²) < 4.78 is 19.5. The average molecular weight is 331 g/mol. The molecule has 0 aliphatic carbocycles. The standard InChI is InChI=1S/C20H26FNO2/c1-13-17(9-6-10-18(13)21)14-11-15-7-5-8-16(12-14)22(15)19(23)24-20(2,3)4/h6,9-11,15-16H,5,7-8,12H2,1-4H3. The lowest BCUT2D eigenvalue weighted by Gasteiger charge is -2.45. The highest BCUT2D eigenvalue weighted by molar-refractivity contribution is 5.75. The van der Waals surface area contributed by atoms with Gasteiger partial charge in [-0.2, -0.15) is 0 Å². The summed E-state index contributed by atoms with van der Waals surface area (Å²) in [7, 11) is 0. The predicted molar refractivity (Wildman–Crippen MR) is 93.2 cm³/mol. The van der Waals surface area contributed by atoms with Crippen molar-refractivity contribution in [3.63, 3.8) is 0 Å². The summed E-state index contributed by atoms with van der Waals surface area (Å²) in [6.45, 7) is 7.49. The van der Waals surface area contributed by atoms with Gasteiger partial charge in [-0.25, -0.2) is 9.18 Å². The molecule has 0 spiro atoms. The van der Waals surface area contributed by atoms with E-state index in [-0.39, 0.29) is 24.0 Å². The molecule has 130 valence electrons. The van der Waals surface area contributed by atoms with Gasteiger partial charge in [-0.15, -0.1) is 0 Å². The van der Waals surface area contributed by atoms with Gasteiger partial charge in [0, 0.05) is 6.04 Å². The summed E-state index contributed by atoms with van der Waals surface area (Å²) in [6.07, 6.45) is 5.69. The second-order valence-electron chi connectivity index (χ2n) is 7.85. The summed E-state index contributed by atoms with van der Waals surface area (Å²) in [5, 5.41) is 0. The number of hydrogen-bond acceptors (Lipinski definition) is 2. The van der Waals surface area contributed by atoms with Crippen LogP contribution in [0.5, 0.6) is 0 Å². The van der Waals surface area contributed by atoms with Crippen molar-refractivity contribution in [3.05, 3.63) is 41.2 Å². The molecule has 0 N–H and O–H groups in total. The maximum Gasteiger partial charge on any atom is 0.411 e. The first-order valence-corrected chi connectivity index (χ1v) is 8.74. The Kier molecular flexibility index (Phi) is 4.41. The van der Waals surface area contributed by atoms with E-state index in [0.29, 0.717) is 5.56 Å². The fourth-order valence-electron chi connectivity index (χ4n) is 3.78. The Labute approximate surface area is 143 Å². The Morgan fingerprint density at radius 3 is 2.71 bits per heavy atom. The van der Waals surface area contributed by atoms with Gasteiger partial charge in [0.05, 0.1) is 6.04 Å². The fourth-order valence-corrected chi connectivity index (χ4v) is 3.78. The van der Waals surface area contributed by atoms with Gasteiger partial charge in [-0.3, -0.25) is 4.90 Å². The maximum absolute atomic E-state index is 13.9. The number of fused-ring (bicyclic) bond motifs is 2. The van der Waals surface area contributed by atoms with Gasteiger partial charge in [-0.05, 0) is 76.1 Å². The van der Waals surface area contributed by atoms with Gasteiger partial charge in [0.1, 0.15) is 11.4 Å². The molecule has 0 radical (unpaired) electrons. The Bertz CT molecular complexity index is 675. The van der Waals surface area contributed by atoms with Gasteiger partial charge in [0.15, 0.2) is 0 Å². The summed E-state index contributed by atoms with van der Waals surface area (Å²) in [4.78, 5) is 14.5. The van der Waals surface area contributed by atoms with Crippen LogP contribution in [0.1, 0.15) is 57.6 Å². The number of halogens is 1. The lowest BCUT2D eigenvalue weighted by atomic mass is 9.82. The Morgan fingerprint density at radius 1 is 1.29 bits per heavy atom. The van der Waals surface area contributed by atoms with Crippen LogP contribution in [0.3, 0.4) is 0 Å². The zero-order chi connectivity index (χ0) is 17.5. The van der Waals surface area contributed by atoms with E-state index in [1.807, 2.05) is 38.7 Å². The first-order valence-electron chi connectivity index (χ1n) is 8.74. The second-order valence-corrected chi connectivity index (χ2v) is 7.85. The number of carbonyl (C=O) groups excluding carboxylic acids is 1. The number of rotatable bonds is 1. The molecule has 3 rings (SSSR count). The molecule has 1 saturated heterocycles. The lowest BCUT2D eigenvalue weighted by molar-refractivity contribution is 0.0000823. The van der Waals surface area contributed by atoms with Gasteiger partial charge in [0.2, 0.25) is 0 Å². The van der Waals surface area contributed by atoms with E-state index in [4.69, 9.17) is 4.74 Å². The van der Waals surface area contributed by atoms with Gasteiger partial charge < -0.3 is 4.74 Å². The number of amides is 1. The molecule has 24 heavy (non-hydrogen) atoms. The van der Waals surface area contributed by atoms with Crippen LogP contribution in [-0.2, 0) is 4.74 Å². The molecule has 2 heterocycles. The highest BCUT2D eigenvalue weighted by Crippen LogP contribution is 2.38. The molecule has 1 aromatic rings. The van der Waals surface area contributed by atoms with Crippen LogP contribution < -0.4 is 0 Å². The molecule has 0 aromatic heterocycles. The van der Waals surface area contributed by atoms with Crippen molar-refractivity contribution in [3.8, 4) is 0 Å². The first-order chi connectivity index (χ1) is 11.3. The van der Waals surface area contributed by atoms with Gasteiger partial charge >= 0.3 is 6.09 Å². The monoisotopic (exact) mass is 331 g/mol. The molecule has 0 saturated carbocycles. The smallest absolute Gasteiger partial charge is 0.411 e. The predicted octanol–water partition coefficient (Wildman–Crippen LogP) is 5.08. The molecule has 1 fully saturated rings. The van der Waals surface area contributed by atoms with Crippen molar-refractivity contribution in [2.75, 3.05) is 0 Å². The Hall–Kier alpha value is -1.84. The van der Waals surface area contributed by atoms with Crippen molar-refractivity contribution in [1.29, 1.82) is 0 Å². The molecule has 2 bridgehead atoms. The van der Waals surface area contributed by atoms with E-state index >= 15 is 0 Å². The number of carbonyl (C=O) groups is 1. The van der Waals surface area contributed by atoms with Crippen LogP contribution in [0.25, 0.3) is 5.57 Å². The summed E-state index contributed by atoms with van der Waals surface area (Å²) in [5.74, 6) is -0.173. The van der Waals surface area contributed by atoms with E-state index in [2.05, 4.69) is 6.08 Å². The minimum Gasteiger partial charge on any atom is -0.444 e. The largest absolute Gasteiger partial charge is 0.444 e. The summed E-state index contributed by atoms with van der Waals surface area (Å²) in [5.41, 5.74) is 2.32. The number of hydrogen-bond donors (Lipinski definition) is 0. The third-order valence-corrected chi connectivity index (χ3v) is 4.85. The number of ether oxygens (including phenoxy) is 1. The highest BCUT2D eigenvalue weighted by atomic mass is 19.1. The van der Waals surface area contributed by atoms with E-state index in [1.54, 1.807) is 6.07 Å². The number of benzene rings is 1. The third-order valence-electron chi connectivity index (χ3n) is 4.85. The fraction of sp³-hybridized carbons (Fsp3) is 0.550. The molecular formula is C20H26FNO2. The molecule has 2 unspecified atom stereocenters. The van der Waals surface area contributed by atoms with Crippen LogP contribution in [0, 0.1) is 12.7 Å². The third kappa shape index (κ3) is 3.33. The minimum atomic E-state index is -0.492. The summed E-state index contributed by atoms with van der Waals surface area (Å²) >= 11 is 0. The Balaban J connectivity index is 1.90. The molecule has 1 aromatic carbocycles. The summed E-state index contributed by atoms with van der Waals surface area (Å²) in [6, 6.07) is 5.42. The van der Waals surface area contributed by atoms with E-state index in [0.717, 1.165) is 36.8 Å². The zero-order valence-corrected chi connectivity index (χ0v) is 14.9. The SMILES string of the molecule is Cc1c(F)cccc1C1=CC2CCCC(C1)N2C(=O)OC(C)(C)C. The maximum atomic E-state index is 13.9. The Morgan fingerprint density at radius 2 is 2.04 bits per heavy atom. The van der Waals surface area contributed by atoms with Crippen LogP contribution in [-0.4, -0.2) is 28.7 Å². The van der Waals surface area contributed by atoms with Crippen molar-refractivity contribution < 1.29 is 13.9 Å². The van der Waals surface area contributed by atoms with Gasteiger partial charge in [0.25, 0.3) is 0 Å². The zero-order valence-electron chi connectivity index (χ0n) is 14.9. The normalized spacial score (nSPS) is 23.7. The highest BCUT2D eigenvalue weighted by Gasteiger charge is 2.39. The van der Waals surface area contributed by atoms with Crippen molar-refractivity contribution in [2.45, 2.75) is 71.1 Å². The second kappa shape index (κ2) is 6.23. The lowest BCUT2D eigenvalue weighted by Crippen LogP contribution is -2.53. The minimum absolute atomic E-state index is 0.0463. The van der Waals surface area contributed by atoms with Gasteiger partial charge in [-0.1, -0.05) is 18.2 Å². The van der Waals surface area contributed by atoms with Crippen LogP contribution in [0.2, 0.25) is 0 Å². The van der Waals surface area contributed by atoms with Crippen molar-refractivity contribution in [1.82, 2.24) is 4.90 Å². The van der Waals surface area contributed by atoms with E-state index in [9.17, 15) is 9.18 Å². The molecule has 4 heteroatoms. The quantitative estimate of drug-likeness (QED) is 0.718. The van der Waals surface area contributed by atoms with Crippen molar-refractivity contribution >= 4 is 11.7 Å². The molecular weight excluding hydrogens is 305 g/mol. The first kappa shape index (κ1) is 17.0. The van der Waals surface area contributed by atoms with Crippen molar-refractivity contribution in [2.24, 2.45) is 0 Å². The topological polar surface area (TPSA) is 29.5 Å². The van der Waals surface area contributed by atoms with Crippen LogP contribution in [0.4, 0.5) is 9.18 Å². The average Bonchev–Trinajstić information content (AvgIpc) is 2.47. The van der Waals surface area contributed by atoms with E-state index < -0.39 is 5.60 Å². The number of piperidine rings is 1. The molecule has 1 amide bonds. The van der Waals surface area contributed by atoms with E-state index in [1.165, 1.54) is 6.07 Å². The number of nitrogens with zero attached hydrogens (tertiary/aromatic N) is 1. The van der Waals surface area contributed by atoms with Crippen LogP contribution >= 0.6 is 0 Å². The van der Waals surface area contributed by atoms with Crippen LogP contribution in [0.15, 0.2) is 24.3 Å². The molecule has 3 nitrogen and oxygen atoms in total. The molecule has 2 aliphatic rings.